The predicted molar refractivity (Wildman–Crippen MR) is 70.4 cm³/mol. The molecule has 2 aromatic rings. The lowest BCUT2D eigenvalue weighted by molar-refractivity contribution is 1.19. The third-order valence-corrected chi connectivity index (χ3v) is 2.99. The zero-order chi connectivity index (χ0) is 11.7. The fourth-order valence-corrected chi connectivity index (χ4v) is 1.98. The predicted octanol–water partition coefficient (Wildman–Crippen LogP) is 3.94. The highest BCUT2D eigenvalue weighted by Crippen LogP contribution is 2.28. The molecular formula is C13H15ClN2. The molecule has 2 nitrogen and oxygen atoms in total. The van der Waals surface area contributed by atoms with E-state index in [9.17, 15) is 0 Å². The molecule has 0 bridgehead atoms. The summed E-state index contributed by atoms with van der Waals surface area (Å²) in [5, 5.41) is 5.26. The maximum absolute atomic E-state index is 6.11. The van der Waals surface area contributed by atoms with Gasteiger partial charge in [-0.2, -0.15) is 0 Å². The SMILES string of the molecule is CCNc1cc(C)nc2cc(Cl)c(C)cc12. The number of anilines is 1. The molecule has 1 aromatic heterocycles. The smallest absolute Gasteiger partial charge is 0.0740 e. The zero-order valence-electron chi connectivity index (χ0n) is 9.76. The fraction of sp³-hybridized carbons (Fsp3) is 0.308. The van der Waals surface area contributed by atoms with Gasteiger partial charge in [-0.15, -0.1) is 0 Å². The van der Waals surface area contributed by atoms with Crippen LogP contribution in [-0.2, 0) is 0 Å². The van der Waals surface area contributed by atoms with Gasteiger partial charge in [0.2, 0.25) is 0 Å². The minimum Gasteiger partial charge on any atom is -0.385 e. The van der Waals surface area contributed by atoms with E-state index in [1.165, 1.54) is 0 Å². The van der Waals surface area contributed by atoms with Gasteiger partial charge in [0.15, 0.2) is 0 Å². The minimum absolute atomic E-state index is 0.771. The van der Waals surface area contributed by atoms with Gasteiger partial charge in [-0.1, -0.05) is 11.6 Å². The maximum atomic E-state index is 6.11. The average Bonchev–Trinajstić information content (AvgIpc) is 2.21. The number of halogens is 1. The number of benzene rings is 1. The van der Waals surface area contributed by atoms with Gasteiger partial charge >= 0.3 is 0 Å². The number of nitrogens with one attached hydrogen (secondary N) is 1. The normalized spacial score (nSPS) is 10.8. The standard InChI is InChI=1S/C13H15ClN2/c1-4-15-12-6-9(3)16-13-7-11(14)8(2)5-10(12)13/h5-7H,4H2,1-3H3,(H,15,16). The van der Waals surface area contributed by atoms with Crippen LogP contribution in [0.15, 0.2) is 18.2 Å². The Morgan fingerprint density at radius 3 is 2.69 bits per heavy atom. The molecular weight excluding hydrogens is 220 g/mol. The van der Waals surface area contributed by atoms with Gasteiger partial charge in [-0.05, 0) is 44.5 Å². The van der Waals surface area contributed by atoms with E-state index >= 15 is 0 Å². The Morgan fingerprint density at radius 2 is 2.00 bits per heavy atom. The van der Waals surface area contributed by atoms with E-state index in [2.05, 4.69) is 29.4 Å². The number of rotatable bonds is 2. The van der Waals surface area contributed by atoms with Crippen LogP contribution in [0.25, 0.3) is 10.9 Å². The molecule has 0 aliphatic carbocycles. The lowest BCUT2D eigenvalue weighted by atomic mass is 10.1. The van der Waals surface area contributed by atoms with E-state index < -0.39 is 0 Å². The monoisotopic (exact) mass is 234 g/mol. The molecule has 0 aliphatic heterocycles. The maximum Gasteiger partial charge on any atom is 0.0740 e. The number of pyridine rings is 1. The molecule has 84 valence electrons. The first-order chi connectivity index (χ1) is 7.61. The third kappa shape index (κ3) is 1.98. The van der Waals surface area contributed by atoms with Gasteiger partial charge in [-0.3, -0.25) is 4.98 Å². The number of nitrogens with zero attached hydrogens (tertiary/aromatic N) is 1. The third-order valence-electron chi connectivity index (χ3n) is 2.58. The summed E-state index contributed by atoms with van der Waals surface area (Å²) in [5.41, 5.74) is 4.17. The molecule has 0 spiro atoms. The lowest BCUT2D eigenvalue weighted by Gasteiger charge is -2.10. The van der Waals surface area contributed by atoms with Gasteiger partial charge in [0, 0.05) is 28.3 Å². The molecule has 1 N–H and O–H groups in total. The first-order valence-corrected chi connectivity index (χ1v) is 5.81. The van der Waals surface area contributed by atoms with E-state index in [4.69, 9.17) is 11.6 Å². The summed E-state index contributed by atoms with van der Waals surface area (Å²) in [6.45, 7) is 7.00. The second kappa shape index (κ2) is 4.30. The van der Waals surface area contributed by atoms with Crippen LogP contribution < -0.4 is 5.32 Å². The summed E-state index contributed by atoms with van der Waals surface area (Å²) in [7, 11) is 0. The van der Waals surface area contributed by atoms with Crippen molar-refractivity contribution in [2.45, 2.75) is 20.8 Å². The van der Waals surface area contributed by atoms with Crippen molar-refractivity contribution in [3.8, 4) is 0 Å². The largest absolute Gasteiger partial charge is 0.385 e. The highest BCUT2D eigenvalue weighted by Gasteiger charge is 2.06. The van der Waals surface area contributed by atoms with Crippen LogP contribution in [-0.4, -0.2) is 11.5 Å². The van der Waals surface area contributed by atoms with Crippen LogP contribution in [0.5, 0.6) is 0 Å². The van der Waals surface area contributed by atoms with E-state index in [0.29, 0.717) is 0 Å². The number of hydrogen-bond donors (Lipinski definition) is 1. The summed E-state index contributed by atoms with van der Waals surface area (Å²) >= 11 is 6.11. The second-order valence-corrected chi connectivity index (χ2v) is 4.37. The minimum atomic E-state index is 0.771. The second-order valence-electron chi connectivity index (χ2n) is 3.96. The van der Waals surface area contributed by atoms with E-state index in [-0.39, 0.29) is 0 Å². The van der Waals surface area contributed by atoms with E-state index in [1.807, 2.05) is 19.9 Å². The number of aromatic nitrogens is 1. The first kappa shape index (κ1) is 11.2. The first-order valence-electron chi connectivity index (χ1n) is 5.43. The van der Waals surface area contributed by atoms with Crippen LogP contribution in [0.1, 0.15) is 18.2 Å². The van der Waals surface area contributed by atoms with E-state index in [1.54, 1.807) is 0 Å². The van der Waals surface area contributed by atoms with Gasteiger partial charge < -0.3 is 5.32 Å². The van der Waals surface area contributed by atoms with Crippen molar-refractivity contribution in [3.63, 3.8) is 0 Å². The molecule has 2 rings (SSSR count). The van der Waals surface area contributed by atoms with Crippen LogP contribution >= 0.6 is 11.6 Å². The number of aryl methyl sites for hydroxylation is 2. The van der Waals surface area contributed by atoms with Gasteiger partial charge in [0.25, 0.3) is 0 Å². The molecule has 1 aromatic carbocycles. The fourth-order valence-electron chi connectivity index (χ4n) is 1.82. The molecule has 3 heteroatoms. The summed E-state index contributed by atoms with van der Waals surface area (Å²) < 4.78 is 0. The molecule has 0 amide bonds. The zero-order valence-corrected chi connectivity index (χ0v) is 10.5. The van der Waals surface area contributed by atoms with Crippen molar-refractivity contribution in [1.82, 2.24) is 4.98 Å². The van der Waals surface area contributed by atoms with Crippen LogP contribution in [0.2, 0.25) is 5.02 Å². The molecule has 0 fully saturated rings. The molecule has 0 radical (unpaired) electrons. The molecule has 0 saturated heterocycles. The molecule has 16 heavy (non-hydrogen) atoms. The Bertz CT molecular complexity index is 535. The van der Waals surface area contributed by atoms with Gasteiger partial charge in [0.05, 0.1) is 5.52 Å². The van der Waals surface area contributed by atoms with Gasteiger partial charge in [0.1, 0.15) is 0 Å². The van der Waals surface area contributed by atoms with Crippen LogP contribution in [0.4, 0.5) is 5.69 Å². The van der Waals surface area contributed by atoms with Crippen molar-refractivity contribution < 1.29 is 0 Å². The summed E-state index contributed by atoms with van der Waals surface area (Å²) in [5.74, 6) is 0. The van der Waals surface area contributed by atoms with Gasteiger partial charge in [-0.25, -0.2) is 0 Å². The summed E-state index contributed by atoms with van der Waals surface area (Å²) in [6.07, 6.45) is 0. The molecule has 0 aliphatic rings. The Labute approximate surface area is 101 Å². The highest BCUT2D eigenvalue weighted by atomic mass is 35.5. The van der Waals surface area contributed by atoms with Crippen molar-refractivity contribution >= 4 is 28.2 Å². The highest BCUT2D eigenvalue weighted by molar-refractivity contribution is 6.32. The Balaban J connectivity index is 2.74. The van der Waals surface area contributed by atoms with Crippen molar-refractivity contribution in [2.75, 3.05) is 11.9 Å². The quantitative estimate of drug-likeness (QED) is 0.852. The Hall–Kier alpha value is -1.28. The molecule has 0 saturated carbocycles. The number of hydrogen-bond acceptors (Lipinski definition) is 2. The molecule has 0 atom stereocenters. The summed E-state index contributed by atoms with van der Waals surface area (Å²) in [4.78, 5) is 4.50. The van der Waals surface area contributed by atoms with Crippen molar-refractivity contribution in [2.24, 2.45) is 0 Å². The summed E-state index contributed by atoms with van der Waals surface area (Å²) in [6, 6.07) is 6.08. The Morgan fingerprint density at radius 1 is 1.25 bits per heavy atom. The van der Waals surface area contributed by atoms with E-state index in [0.717, 1.165) is 39.4 Å². The Kier molecular flexibility index (Phi) is 3.01. The van der Waals surface area contributed by atoms with Crippen LogP contribution in [0, 0.1) is 13.8 Å². The van der Waals surface area contributed by atoms with Crippen LogP contribution in [0.3, 0.4) is 0 Å². The lowest BCUT2D eigenvalue weighted by Crippen LogP contribution is -1.99. The average molecular weight is 235 g/mol. The van der Waals surface area contributed by atoms with Crippen molar-refractivity contribution in [3.05, 3.63) is 34.5 Å². The molecule has 0 unspecified atom stereocenters. The topological polar surface area (TPSA) is 24.9 Å². The number of fused-ring (bicyclic) bond motifs is 1. The molecule has 1 heterocycles. The van der Waals surface area contributed by atoms with Crippen molar-refractivity contribution in [1.29, 1.82) is 0 Å².